The van der Waals surface area contributed by atoms with Crippen LogP contribution in [-0.2, 0) is 4.79 Å². The van der Waals surface area contributed by atoms with Gasteiger partial charge in [-0.2, -0.15) is 0 Å². The predicted octanol–water partition coefficient (Wildman–Crippen LogP) is 0.508. The van der Waals surface area contributed by atoms with Crippen molar-refractivity contribution in [3.05, 3.63) is 14.1 Å². The highest BCUT2D eigenvalue weighted by Crippen LogP contribution is 2.22. The van der Waals surface area contributed by atoms with Gasteiger partial charge in [0.1, 0.15) is 11.0 Å². The van der Waals surface area contributed by atoms with Crippen LogP contribution in [-0.4, -0.2) is 24.0 Å². The highest BCUT2D eigenvalue weighted by atomic mass is 127. The van der Waals surface area contributed by atoms with Crippen molar-refractivity contribution in [2.24, 2.45) is 0 Å². The Bertz CT molecular complexity index is 327. The molecule has 1 aromatic rings. The first-order valence-electron chi connectivity index (χ1n) is 3.89. The Morgan fingerprint density at radius 2 is 2.46 bits per heavy atom. The zero-order valence-electron chi connectivity index (χ0n) is 6.71. The van der Waals surface area contributed by atoms with Crippen molar-refractivity contribution in [1.29, 1.82) is 0 Å². The van der Waals surface area contributed by atoms with Crippen LogP contribution in [0.25, 0.3) is 0 Å². The van der Waals surface area contributed by atoms with Crippen LogP contribution in [0.15, 0.2) is 6.20 Å². The Morgan fingerprint density at radius 1 is 1.62 bits per heavy atom. The molecule has 1 fully saturated rings. The van der Waals surface area contributed by atoms with Crippen molar-refractivity contribution in [1.82, 2.24) is 15.6 Å². The fourth-order valence-electron chi connectivity index (χ4n) is 1.20. The average molecular weight is 309 g/mol. The molecule has 0 aliphatic carbocycles. The number of hydrogen-bond acceptors (Lipinski definition) is 4. The van der Waals surface area contributed by atoms with E-state index in [0.717, 1.165) is 14.4 Å². The van der Waals surface area contributed by atoms with Gasteiger partial charge in [-0.3, -0.25) is 10.1 Å². The molecule has 1 atom stereocenters. The fourth-order valence-corrected chi connectivity index (χ4v) is 2.73. The fraction of sp³-hybridized carbons (Fsp3) is 0.429. The Hall–Kier alpha value is -0.210. The molecule has 13 heavy (non-hydrogen) atoms. The molecule has 1 aromatic heterocycles. The number of amides is 1. The zero-order valence-corrected chi connectivity index (χ0v) is 9.68. The Labute approximate surface area is 93.3 Å². The minimum atomic E-state index is -0.248. The maximum Gasteiger partial charge on any atom is 0.244 e. The first-order valence-corrected chi connectivity index (χ1v) is 5.79. The molecule has 2 N–H and O–H groups in total. The molecule has 0 aromatic carbocycles. The highest BCUT2D eigenvalue weighted by Gasteiger charge is 2.25. The van der Waals surface area contributed by atoms with E-state index in [1.54, 1.807) is 17.5 Å². The van der Waals surface area contributed by atoms with Crippen LogP contribution in [0.3, 0.4) is 0 Å². The molecular weight excluding hydrogens is 301 g/mol. The normalized spacial score (nSPS) is 22.8. The van der Waals surface area contributed by atoms with Crippen LogP contribution >= 0.6 is 33.9 Å². The van der Waals surface area contributed by atoms with Crippen molar-refractivity contribution in [2.45, 2.75) is 6.04 Å². The summed E-state index contributed by atoms with van der Waals surface area (Å²) in [4.78, 5) is 15.6. The third-order valence-corrected chi connectivity index (χ3v) is 3.57. The first-order chi connectivity index (χ1) is 6.27. The molecule has 1 aliphatic rings. The van der Waals surface area contributed by atoms with E-state index in [4.69, 9.17) is 0 Å². The monoisotopic (exact) mass is 309 g/mol. The number of piperazine rings is 1. The lowest BCUT2D eigenvalue weighted by Crippen LogP contribution is -2.47. The molecule has 1 saturated heterocycles. The second-order valence-electron chi connectivity index (χ2n) is 2.68. The zero-order chi connectivity index (χ0) is 9.26. The molecule has 1 aliphatic heterocycles. The topological polar surface area (TPSA) is 54.0 Å². The van der Waals surface area contributed by atoms with Gasteiger partial charge in [0.15, 0.2) is 0 Å². The number of hydrogen-bond donors (Lipinski definition) is 2. The number of nitrogens with zero attached hydrogens (tertiary/aromatic N) is 1. The minimum Gasteiger partial charge on any atom is -0.353 e. The van der Waals surface area contributed by atoms with Crippen molar-refractivity contribution in [3.8, 4) is 0 Å². The molecule has 0 saturated carbocycles. The number of nitrogens with one attached hydrogen (secondary N) is 2. The molecule has 1 unspecified atom stereocenters. The number of aromatic nitrogens is 1. The molecule has 0 spiro atoms. The molecule has 1 amide bonds. The van der Waals surface area contributed by atoms with Gasteiger partial charge in [0.25, 0.3) is 0 Å². The quantitative estimate of drug-likeness (QED) is 0.743. The standard InChI is InChI=1S/C7H8IN3OS/c8-4-3-11-7(13-4)5-6(12)10-2-1-9-5/h3,5,9H,1-2H2,(H,10,12). The molecule has 6 heteroatoms. The summed E-state index contributed by atoms with van der Waals surface area (Å²) in [6.07, 6.45) is 1.78. The van der Waals surface area contributed by atoms with E-state index in [0.29, 0.717) is 6.54 Å². The van der Waals surface area contributed by atoms with Gasteiger partial charge in [-0.25, -0.2) is 4.98 Å². The molecular formula is C7H8IN3OS. The van der Waals surface area contributed by atoms with E-state index in [2.05, 4.69) is 38.2 Å². The van der Waals surface area contributed by atoms with Crippen LogP contribution < -0.4 is 10.6 Å². The summed E-state index contributed by atoms with van der Waals surface area (Å²) in [6, 6.07) is -0.248. The van der Waals surface area contributed by atoms with Gasteiger partial charge in [0.2, 0.25) is 5.91 Å². The van der Waals surface area contributed by atoms with Gasteiger partial charge in [0.05, 0.1) is 9.08 Å². The Kier molecular flexibility index (Phi) is 2.80. The first kappa shape index (κ1) is 9.35. The third kappa shape index (κ3) is 2.00. The summed E-state index contributed by atoms with van der Waals surface area (Å²) in [5.41, 5.74) is 0. The van der Waals surface area contributed by atoms with Crippen LogP contribution in [0.5, 0.6) is 0 Å². The van der Waals surface area contributed by atoms with Crippen LogP contribution in [0.1, 0.15) is 11.0 Å². The molecule has 2 rings (SSSR count). The van der Waals surface area contributed by atoms with E-state index < -0.39 is 0 Å². The lowest BCUT2D eigenvalue weighted by molar-refractivity contribution is -0.124. The van der Waals surface area contributed by atoms with Crippen molar-refractivity contribution < 1.29 is 4.79 Å². The number of carbonyl (C=O) groups is 1. The second kappa shape index (κ2) is 3.89. The number of thiazole rings is 1. The molecule has 0 radical (unpaired) electrons. The van der Waals surface area contributed by atoms with Gasteiger partial charge < -0.3 is 5.32 Å². The molecule has 70 valence electrons. The average Bonchev–Trinajstić information content (AvgIpc) is 2.53. The summed E-state index contributed by atoms with van der Waals surface area (Å²) in [5.74, 6) is 0.0250. The maximum absolute atomic E-state index is 11.4. The molecule has 0 bridgehead atoms. The van der Waals surface area contributed by atoms with Gasteiger partial charge in [0, 0.05) is 13.1 Å². The van der Waals surface area contributed by atoms with E-state index in [1.807, 2.05) is 0 Å². The smallest absolute Gasteiger partial charge is 0.244 e. The predicted molar refractivity (Wildman–Crippen MR) is 58.6 cm³/mol. The summed E-state index contributed by atoms with van der Waals surface area (Å²) in [7, 11) is 0. The number of rotatable bonds is 1. The van der Waals surface area contributed by atoms with Crippen LogP contribution in [0, 0.1) is 2.88 Å². The summed E-state index contributed by atoms with van der Waals surface area (Å²) in [5, 5.41) is 6.78. The SMILES string of the molecule is O=C1NCCNC1c1ncc(I)s1. The largest absolute Gasteiger partial charge is 0.353 e. The lowest BCUT2D eigenvalue weighted by atomic mass is 10.2. The van der Waals surface area contributed by atoms with E-state index in [1.165, 1.54) is 0 Å². The third-order valence-electron chi connectivity index (χ3n) is 1.78. The Balaban J connectivity index is 2.19. The Morgan fingerprint density at radius 3 is 3.08 bits per heavy atom. The van der Waals surface area contributed by atoms with Crippen LogP contribution in [0.2, 0.25) is 0 Å². The van der Waals surface area contributed by atoms with Crippen molar-refractivity contribution >= 4 is 39.8 Å². The summed E-state index contributed by atoms with van der Waals surface area (Å²) < 4.78 is 1.10. The number of halogens is 1. The van der Waals surface area contributed by atoms with Gasteiger partial charge in [-0.15, -0.1) is 11.3 Å². The summed E-state index contributed by atoms with van der Waals surface area (Å²) in [6.45, 7) is 1.52. The molecule has 4 nitrogen and oxygen atoms in total. The lowest BCUT2D eigenvalue weighted by Gasteiger charge is -2.21. The van der Waals surface area contributed by atoms with Crippen LogP contribution in [0.4, 0.5) is 0 Å². The van der Waals surface area contributed by atoms with E-state index >= 15 is 0 Å². The summed E-state index contributed by atoms with van der Waals surface area (Å²) >= 11 is 3.75. The van der Waals surface area contributed by atoms with Crippen molar-refractivity contribution in [2.75, 3.05) is 13.1 Å². The van der Waals surface area contributed by atoms with Gasteiger partial charge >= 0.3 is 0 Å². The van der Waals surface area contributed by atoms with E-state index in [-0.39, 0.29) is 11.9 Å². The van der Waals surface area contributed by atoms with Gasteiger partial charge in [-0.05, 0) is 22.6 Å². The highest BCUT2D eigenvalue weighted by molar-refractivity contribution is 14.1. The van der Waals surface area contributed by atoms with E-state index in [9.17, 15) is 4.79 Å². The number of carbonyl (C=O) groups excluding carboxylic acids is 1. The minimum absolute atomic E-state index is 0.0250. The maximum atomic E-state index is 11.4. The molecule has 2 heterocycles. The van der Waals surface area contributed by atoms with Crippen molar-refractivity contribution in [3.63, 3.8) is 0 Å². The van der Waals surface area contributed by atoms with Gasteiger partial charge in [-0.1, -0.05) is 0 Å². The second-order valence-corrected chi connectivity index (χ2v) is 5.64.